The van der Waals surface area contributed by atoms with Gasteiger partial charge in [0.2, 0.25) is 5.91 Å². The van der Waals surface area contributed by atoms with E-state index in [0.29, 0.717) is 11.1 Å². The number of hydrogen-bond donors (Lipinski definition) is 2. The van der Waals surface area contributed by atoms with Crippen molar-refractivity contribution in [3.8, 4) is 11.1 Å². The van der Waals surface area contributed by atoms with Crippen molar-refractivity contribution in [3.63, 3.8) is 0 Å². The number of fused-ring (bicyclic) bond motifs is 1. The molecule has 3 rings (SSSR count). The molecular weight excluding hydrogens is 498 g/mol. The average molecular weight is 523 g/mol. The van der Waals surface area contributed by atoms with Crippen LogP contribution in [0.4, 0.5) is 8.78 Å². The summed E-state index contributed by atoms with van der Waals surface area (Å²) >= 11 is 0. The van der Waals surface area contributed by atoms with Gasteiger partial charge in [-0.05, 0) is 35.7 Å². The zero-order valence-electron chi connectivity index (χ0n) is 19.5. The van der Waals surface area contributed by atoms with Crippen molar-refractivity contribution < 1.29 is 41.5 Å². The number of hydrogen-bond acceptors (Lipinski definition) is 6. The minimum atomic E-state index is -3.61. The number of nitrogens with zero attached hydrogens (tertiary/aromatic N) is 1. The number of aliphatic carboxylic acids is 1. The Bertz CT molecular complexity index is 1340. The lowest BCUT2D eigenvalue weighted by molar-refractivity contribution is -0.140. The first-order chi connectivity index (χ1) is 16.9. The van der Waals surface area contributed by atoms with E-state index >= 15 is 0 Å². The second-order valence-electron chi connectivity index (χ2n) is 8.40. The van der Waals surface area contributed by atoms with Crippen LogP contribution in [-0.4, -0.2) is 67.0 Å². The maximum absolute atomic E-state index is 14.7. The van der Waals surface area contributed by atoms with Gasteiger partial charge in [-0.3, -0.25) is 19.2 Å². The summed E-state index contributed by atoms with van der Waals surface area (Å²) in [5.74, 6) is -4.61. The number of amides is 2. The zero-order valence-corrected chi connectivity index (χ0v) is 20.3. The van der Waals surface area contributed by atoms with Crippen molar-refractivity contribution in [2.24, 2.45) is 0 Å². The van der Waals surface area contributed by atoms with Crippen molar-refractivity contribution in [3.05, 3.63) is 53.3 Å². The van der Waals surface area contributed by atoms with Crippen LogP contribution < -0.4 is 5.32 Å². The number of benzene rings is 2. The van der Waals surface area contributed by atoms with Gasteiger partial charge < -0.3 is 15.3 Å². The highest BCUT2D eigenvalue weighted by molar-refractivity contribution is 7.90. The quantitative estimate of drug-likeness (QED) is 0.488. The van der Waals surface area contributed by atoms with Crippen molar-refractivity contribution in [2.75, 3.05) is 12.9 Å². The maximum Gasteiger partial charge on any atom is 0.305 e. The van der Waals surface area contributed by atoms with Gasteiger partial charge in [0.05, 0.1) is 11.3 Å². The molecule has 192 valence electrons. The first-order valence-corrected chi connectivity index (χ1v) is 12.8. The van der Waals surface area contributed by atoms with Gasteiger partial charge in [-0.25, -0.2) is 17.2 Å². The Labute approximate surface area is 206 Å². The van der Waals surface area contributed by atoms with Crippen LogP contribution in [0, 0.1) is 5.82 Å². The Morgan fingerprint density at radius 1 is 1.14 bits per heavy atom. The third kappa shape index (κ3) is 5.59. The van der Waals surface area contributed by atoms with E-state index in [1.54, 1.807) is 19.1 Å². The van der Waals surface area contributed by atoms with Gasteiger partial charge in [-0.2, -0.15) is 0 Å². The average Bonchev–Trinajstić information content (AvgIpc) is 3.13. The van der Waals surface area contributed by atoms with Crippen molar-refractivity contribution >= 4 is 33.4 Å². The van der Waals surface area contributed by atoms with Crippen LogP contribution in [0.1, 0.15) is 35.7 Å². The standard InChI is InChI=1S/C24H24F2N2O7S/c1-3-20(23(32)27-19(10-22(30)31)21(29)11-25)28-12-14-5-4-13(8-17(14)24(28)33)16-7-6-15(9-18(16)26)36(2,34)35/h4-9,19-20H,3,10-12H2,1-2H3,(H,27,32)(H,30,31). The Balaban J connectivity index is 1.86. The minimum Gasteiger partial charge on any atom is -0.481 e. The molecule has 0 fully saturated rings. The van der Waals surface area contributed by atoms with E-state index in [-0.39, 0.29) is 29.0 Å². The predicted molar refractivity (Wildman–Crippen MR) is 124 cm³/mol. The molecular formula is C24H24F2N2O7S. The van der Waals surface area contributed by atoms with E-state index in [1.165, 1.54) is 23.1 Å². The van der Waals surface area contributed by atoms with Gasteiger partial charge in [0.25, 0.3) is 5.91 Å². The van der Waals surface area contributed by atoms with E-state index in [1.807, 2.05) is 0 Å². The van der Waals surface area contributed by atoms with Crippen LogP contribution in [0.15, 0.2) is 41.3 Å². The molecule has 2 atom stereocenters. The van der Waals surface area contributed by atoms with Crippen LogP contribution in [0.5, 0.6) is 0 Å². The van der Waals surface area contributed by atoms with Gasteiger partial charge in [0, 0.05) is 23.9 Å². The largest absolute Gasteiger partial charge is 0.481 e. The molecule has 1 aliphatic rings. The highest BCUT2D eigenvalue weighted by Crippen LogP contribution is 2.32. The minimum absolute atomic E-state index is 0.0382. The van der Waals surface area contributed by atoms with Crippen molar-refractivity contribution in [1.29, 1.82) is 0 Å². The number of carboxylic acids is 1. The molecule has 2 amide bonds. The molecule has 12 heteroatoms. The highest BCUT2D eigenvalue weighted by Gasteiger charge is 2.37. The van der Waals surface area contributed by atoms with Gasteiger partial charge in [-0.1, -0.05) is 25.1 Å². The van der Waals surface area contributed by atoms with Crippen LogP contribution in [0.25, 0.3) is 11.1 Å². The molecule has 36 heavy (non-hydrogen) atoms. The summed E-state index contributed by atoms with van der Waals surface area (Å²) < 4.78 is 50.9. The zero-order chi connectivity index (χ0) is 26.8. The molecule has 0 saturated heterocycles. The molecule has 0 aliphatic carbocycles. The summed E-state index contributed by atoms with van der Waals surface area (Å²) in [5.41, 5.74) is 1.19. The fourth-order valence-corrected chi connectivity index (χ4v) is 4.66. The molecule has 0 saturated carbocycles. The Hall–Kier alpha value is -3.67. The Morgan fingerprint density at radius 3 is 2.39 bits per heavy atom. The predicted octanol–water partition coefficient (Wildman–Crippen LogP) is 2.13. The van der Waals surface area contributed by atoms with Gasteiger partial charge >= 0.3 is 5.97 Å². The third-order valence-corrected chi connectivity index (χ3v) is 7.01. The molecule has 2 aromatic rings. The topological polar surface area (TPSA) is 138 Å². The third-order valence-electron chi connectivity index (χ3n) is 5.90. The summed E-state index contributed by atoms with van der Waals surface area (Å²) in [4.78, 5) is 49.8. The summed E-state index contributed by atoms with van der Waals surface area (Å²) in [5, 5.41) is 11.2. The summed E-state index contributed by atoms with van der Waals surface area (Å²) in [7, 11) is -3.61. The summed E-state index contributed by atoms with van der Waals surface area (Å²) in [6.45, 7) is 0.206. The number of carbonyl (C=O) groups is 4. The van der Waals surface area contributed by atoms with Crippen LogP contribution in [0.2, 0.25) is 0 Å². The van der Waals surface area contributed by atoms with Crippen LogP contribution in [0.3, 0.4) is 0 Å². The van der Waals surface area contributed by atoms with E-state index in [0.717, 1.165) is 12.3 Å². The van der Waals surface area contributed by atoms with Crippen LogP contribution in [-0.2, 0) is 30.8 Å². The number of carbonyl (C=O) groups excluding carboxylic acids is 3. The highest BCUT2D eigenvalue weighted by atomic mass is 32.2. The summed E-state index contributed by atoms with van der Waals surface area (Å²) in [6, 6.07) is 5.43. The number of Topliss-reactive ketones (excluding diaryl/α,β-unsaturated/α-hetero) is 1. The lowest BCUT2D eigenvalue weighted by Crippen LogP contribution is -2.52. The van der Waals surface area contributed by atoms with Gasteiger partial charge in [0.15, 0.2) is 15.6 Å². The van der Waals surface area contributed by atoms with Crippen LogP contribution >= 0.6 is 0 Å². The number of carboxylic acid groups (broad SMARTS) is 1. The first-order valence-electron chi connectivity index (χ1n) is 10.9. The monoisotopic (exact) mass is 522 g/mol. The molecule has 0 bridgehead atoms. The van der Waals surface area contributed by atoms with Crippen molar-refractivity contribution in [1.82, 2.24) is 10.2 Å². The molecule has 2 aromatic carbocycles. The molecule has 1 aliphatic heterocycles. The molecule has 9 nitrogen and oxygen atoms in total. The lowest BCUT2D eigenvalue weighted by Gasteiger charge is -2.27. The van der Waals surface area contributed by atoms with E-state index < -0.39 is 64.4 Å². The molecule has 0 aromatic heterocycles. The van der Waals surface area contributed by atoms with E-state index in [9.17, 15) is 36.4 Å². The first kappa shape index (κ1) is 26.9. The Morgan fingerprint density at radius 2 is 1.83 bits per heavy atom. The number of nitrogens with one attached hydrogen (secondary N) is 1. The second-order valence-corrected chi connectivity index (χ2v) is 10.4. The number of alkyl halides is 1. The lowest BCUT2D eigenvalue weighted by atomic mass is 10.00. The SMILES string of the molecule is CCC(C(=O)NC(CC(=O)O)C(=O)CF)N1Cc2ccc(-c3ccc(S(C)(=O)=O)cc3F)cc2C1=O. The van der Waals surface area contributed by atoms with E-state index in [2.05, 4.69) is 5.32 Å². The number of sulfone groups is 1. The number of ketones is 1. The normalized spacial score (nSPS) is 14.8. The fraction of sp³-hybridized carbons (Fsp3) is 0.333. The maximum atomic E-state index is 14.7. The van der Waals surface area contributed by atoms with Gasteiger partial charge in [0.1, 0.15) is 24.6 Å². The van der Waals surface area contributed by atoms with Crippen molar-refractivity contribution in [2.45, 2.75) is 43.3 Å². The Kier molecular flexibility index (Phi) is 7.87. The van der Waals surface area contributed by atoms with Gasteiger partial charge in [-0.15, -0.1) is 0 Å². The smallest absolute Gasteiger partial charge is 0.305 e. The molecule has 0 radical (unpaired) electrons. The number of halogens is 2. The number of rotatable bonds is 10. The molecule has 0 spiro atoms. The molecule has 2 unspecified atom stereocenters. The fourth-order valence-electron chi connectivity index (χ4n) is 4.03. The molecule has 1 heterocycles. The van der Waals surface area contributed by atoms with E-state index in [4.69, 9.17) is 5.11 Å². The molecule has 2 N–H and O–H groups in total. The summed E-state index contributed by atoms with van der Waals surface area (Å²) in [6.07, 6.45) is 0.289. The second kappa shape index (κ2) is 10.5.